The van der Waals surface area contributed by atoms with Crippen LogP contribution in [0, 0.1) is 12.7 Å². The van der Waals surface area contributed by atoms with Gasteiger partial charge in [-0.15, -0.1) is 0 Å². The Hall–Kier alpha value is -5.44. The summed E-state index contributed by atoms with van der Waals surface area (Å²) in [7, 11) is 0. The van der Waals surface area contributed by atoms with Crippen LogP contribution in [0.3, 0.4) is 0 Å². The number of anilines is 1. The second-order valence-corrected chi connectivity index (χ2v) is 14.1. The second-order valence-electron chi connectivity index (χ2n) is 14.1. The molecule has 0 amide bonds. The van der Waals surface area contributed by atoms with E-state index in [1.165, 1.54) is 11.1 Å². The molecule has 2 aliphatic rings. The Kier molecular flexibility index (Phi) is 8.06. The lowest BCUT2D eigenvalue weighted by Gasteiger charge is -2.47. The molecule has 7 aromatic rings. The highest BCUT2D eigenvalue weighted by Crippen LogP contribution is 2.43. The highest BCUT2D eigenvalue weighted by Gasteiger charge is 2.39. The van der Waals surface area contributed by atoms with Crippen molar-refractivity contribution >= 4 is 22.2 Å². The molecule has 1 aliphatic heterocycles. The Morgan fingerprint density at radius 2 is 1.47 bits per heavy atom. The molecule has 2 fully saturated rings. The van der Waals surface area contributed by atoms with Gasteiger partial charge in [-0.05, 0) is 55.2 Å². The molecule has 0 bridgehead atoms. The SMILES string of the molecule is Cc1ccc(C(c2ccc(F)cc2)N2CCN([C@H]3C[C@@H](c4nc(-c5ccc6ccc(-c7ccccc7)nc6c5)c5c(N)nccn54)C3)CC2)cc1. The van der Waals surface area contributed by atoms with Gasteiger partial charge in [-0.25, -0.2) is 19.3 Å². The Labute approximate surface area is 297 Å². The monoisotopic (exact) mass is 673 g/mol. The number of piperazine rings is 1. The molecule has 1 saturated heterocycles. The molecule has 0 radical (unpaired) electrons. The quantitative estimate of drug-likeness (QED) is 0.184. The summed E-state index contributed by atoms with van der Waals surface area (Å²) in [6.45, 7) is 6.03. The number of nitrogens with zero attached hydrogens (tertiary/aromatic N) is 6. The van der Waals surface area contributed by atoms with Gasteiger partial charge in [0, 0.05) is 67.0 Å². The summed E-state index contributed by atoms with van der Waals surface area (Å²) in [5, 5.41) is 1.08. The fourth-order valence-corrected chi connectivity index (χ4v) is 8.08. The van der Waals surface area contributed by atoms with Crippen molar-refractivity contribution in [3.63, 3.8) is 0 Å². The van der Waals surface area contributed by atoms with Crippen molar-refractivity contribution in [2.75, 3.05) is 31.9 Å². The summed E-state index contributed by atoms with van der Waals surface area (Å²) in [6.07, 6.45) is 5.88. The molecule has 51 heavy (non-hydrogen) atoms. The van der Waals surface area contributed by atoms with Crippen LogP contribution in [-0.2, 0) is 0 Å². The summed E-state index contributed by atoms with van der Waals surface area (Å²) >= 11 is 0. The maximum absolute atomic E-state index is 13.9. The maximum atomic E-state index is 13.9. The highest BCUT2D eigenvalue weighted by molar-refractivity contribution is 5.91. The number of hydrogen-bond donors (Lipinski definition) is 1. The number of pyridine rings is 1. The van der Waals surface area contributed by atoms with E-state index >= 15 is 0 Å². The van der Waals surface area contributed by atoms with Gasteiger partial charge in [0.15, 0.2) is 0 Å². The lowest BCUT2D eigenvalue weighted by molar-refractivity contribution is 0.0393. The van der Waals surface area contributed by atoms with Crippen LogP contribution in [0.25, 0.3) is 38.9 Å². The van der Waals surface area contributed by atoms with Crippen LogP contribution in [-0.4, -0.2) is 61.4 Å². The van der Waals surface area contributed by atoms with Gasteiger partial charge in [0.2, 0.25) is 0 Å². The summed E-state index contributed by atoms with van der Waals surface area (Å²) in [6, 6.07) is 37.2. The number of halogens is 1. The van der Waals surface area contributed by atoms with E-state index in [0.717, 1.165) is 89.3 Å². The topological polar surface area (TPSA) is 75.6 Å². The fourth-order valence-electron chi connectivity index (χ4n) is 8.08. The molecule has 1 saturated carbocycles. The number of hydrogen-bond acceptors (Lipinski definition) is 6. The van der Waals surface area contributed by atoms with Crippen molar-refractivity contribution in [3.05, 3.63) is 150 Å². The van der Waals surface area contributed by atoms with Crippen molar-refractivity contribution in [3.8, 4) is 22.5 Å². The molecule has 1 atom stereocenters. The molecule has 0 spiro atoms. The molecule has 7 nitrogen and oxygen atoms in total. The lowest BCUT2D eigenvalue weighted by atomic mass is 9.78. The molecule has 1 aliphatic carbocycles. The van der Waals surface area contributed by atoms with Gasteiger partial charge in [-0.1, -0.05) is 90.5 Å². The summed E-state index contributed by atoms with van der Waals surface area (Å²) in [5.74, 6) is 1.66. The normalized spacial score (nSPS) is 18.9. The third-order valence-electron chi connectivity index (χ3n) is 10.9. The van der Waals surface area contributed by atoms with E-state index in [0.29, 0.717) is 17.8 Å². The largest absolute Gasteiger partial charge is 0.382 e. The zero-order valence-corrected chi connectivity index (χ0v) is 28.7. The van der Waals surface area contributed by atoms with Gasteiger partial charge < -0.3 is 5.73 Å². The average Bonchev–Trinajstić information content (AvgIpc) is 3.53. The number of aryl methyl sites for hydroxylation is 1. The second kappa shape index (κ2) is 13.0. The molecular weight excluding hydrogens is 634 g/mol. The average molecular weight is 674 g/mol. The van der Waals surface area contributed by atoms with Crippen molar-refractivity contribution < 1.29 is 4.39 Å². The van der Waals surface area contributed by atoms with E-state index in [-0.39, 0.29) is 11.9 Å². The van der Waals surface area contributed by atoms with Crippen LogP contribution in [0.2, 0.25) is 0 Å². The summed E-state index contributed by atoms with van der Waals surface area (Å²) < 4.78 is 16.0. The lowest BCUT2D eigenvalue weighted by Crippen LogP contribution is -2.54. The predicted molar refractivity (Wildman–Crippen MR) is 202 cm³/mol. The van der Waals surface area contributed by atoms with Gasteiger partial charge in [-0.3, -0.25) is 14.2 Å². The zero-order valence-electron chi connectivity index (χ0n) is 28.7. The minimum Gasteiger partial charge on any atom is -0.382 e. The molecular formula is C43H40FN7. The Bertz CT molecular complexity index is 2280. The standard InChI is InChI=1S/C43H40FN7/c1-28-7-9-31(10-8-28)40(32-13-16-35(44)17-14-32)50-23-21-49(22-24-50)36-25-34(26-36)43-48-39(41-42(45)46-19-20-51(41)43)33-12-11-30-15-18-37(47-38(30)27-33)29-5-3-2-4-6-29/h2-20,27,34,36,40H,21-26H2,1H3,(H2,45,46)/t34-,36+,40?. The van der Waals surface area contributed by atoms with Gasteiger partial charge in [0.1, 0.15) is 28.7 Å². The van der Waals surface area contributed by atoms with E-state index in [1.807, 2.05) is 36.5 Å². The first kappa shape index (κ1) is 31.5. The minimum atomic E-state index is -0.200. The first-order chi connectivity index (χ1) is 25.0. The Balaban J connectivity index is 0.935. The minimum absolute atomic E-state index is 0.103. The van der Waals surface area contributed by atoms with E-state index in [1.54, 1.807) is 18.3 Å². The fraction of sp³-hybridized carbons (Fsp3) is 0.233. The molecule has 4 aromatic carbocycles. The first-order valence-corrected chi connectivity index (χ1v) is 17.9. The van der Waals surface area contributed by atoms with Crippen molar-refractivity contribution in [2.45, 2.75) is 37.8 Å². The number of fused-ring (bicyclic) bond motifs is 2. The van der Waals surface area contributed by atoms with Crippen LogP contribution in [0.4, 0.5) is 10.2 Å². The molecule has 9 rings (SSSR count). The van der Waals surface area contributed by atoms with Crippen molar-refractivity contribution in [2.24, 2.45) is 0 Å². The first-order valence-electron chi connectivity index (χ1n) is 17.9. The van der Waals surface area contributed by atoms with E-state index in [4.69, 9.17) is 15.7 Å². The smallest absolute Gasteiger partial charge is 0.150 e. The number of aromatic nitrogens is 4. The molecule has 3 aromatic heterocycles. The van der Waals surface area contributed by atoms with E-state index in [9.17, 15) is 4.39 Å². The number of nitrogens with two attached hydrogens (primary N) is 1. The number of imidazole rings is 1. The molecule has 2 N–H and O–H groups in total. The van der Waals surface area contributed by atoms with Gasteiger partial charge >= 0.3 is 0 Å². The highest BCUT2D eigenvalue weighted by atomic mass is 19.1. The maximum Gasteiger partial charge on any atom is 0.150 e. The molecule has 254 valence electrons. The number of rotatable bonds is 7. The van der Waals surface area contributed by atoms with Gasteiger partial charge in [0.25, 0.3) is 0 Å². The number of benzene rings is 4. The summed E-state index contributed by atoms with van der Waals surface area (Å²) in [4.78, 5) is 20.0. The van der Waals surface area contributed by atoms with E-state index in [2.05, 4.69) is 92.8 Å². The van der Waals surface area contributed by atoms with Crippen LogP contribution in [0.5, 0.6) is 0 Å². The summed E-state index contributed by atoms with van der Waals surface area (Å²) in [5.41, 5.74) is 15.8. The molecule has 8 heteroatoms. The third-order valence-corrected chi connectivity index (χ3v) is 10.9. The van der Waals surface area contributed by atoms with Crippen molar-refractivity contribution in [1.29, 1.82) is 0 Å². The number of nitrogen functional groups attached to an aromatic ring is 1. The molecule has 4 heterocycles. The van der Waals surface area contributed by atoms with Gasteiger partial charge in [-0.2, -0.15) is 0 Å². The predicted octanol–water partition coefficient (Wildman–Crippen LogP) is 8.29. The Morgan fingerprint density at radius 1 is 0.765 bits per heavy atom. The zero-order chi connectivity index (χ0) is 34.5. The third kappa shape index (κ3) is 5.94. The van der Waals surface area contributed by atoms with Crippen LogP contribution >= 0.6 is 0 Å². The van der Waals surface area contributed by atoms with Crippen molar-refractivity contribution in [1.82, 2.24) is 29.2 Å². The van der Waals surface area contributed by atoms with Crippen LogP contribution in [0.15, 0.2) is 122 Å². The molecule has 1 unspecified atom stereocenters. The Morgan fingerprint density at radius 3 is 2.22 bits per heavy atom. The van der Waals surface area contributed by atoms with Crippen LogP contribution < -0.4 is 5.73 Å². The van der Waals surface area contributed by atoms with Gasteiger partial charge in [0.05, 0.1) is 17.3 Å². The van der Waals surface area contributed by atoms with Crippen LogP contribution in [0.1, 0.15) is 47.3 Å². The van der Waals surface area contributed by atoms with E-state index < -0.39 is 0 Å².